The standard InChI is InChI=1S/C20H29FN4O3/c1-28-18-6-5-16(14-17(18)21)15-23-10-12-25(13-11-23)20(27)22-7-3-9-24-8-2-4-19(24)26/h5-6,14H,2-4,7-13,15H2,1H3,(H,22,27). The molecule has 3 rings (SSSR count). The van der Waals surface area contributed by atoms with Crippen molar-refractivity contribution in [1.82, 2.24) is 20.0 Å². The molecular weight excluding hydrogens is 363 g/mol. The molecule has 0 saturated carbocycles. The Kier molecular flexibility index (Phi) is 7.08. The lowest BCUT2D eigenvalue weighted by Gasteiger charge is -2.34. The number of piperazine rings is 1. The van der Waals surface area contributed by atoms with E-state index in [2.05, 4.69) is 10.2 Å². The van der Waals surface area contributed by atoms with Crippen LogP contribution in [0, 0.1) is 5.82 Å². The van der Waals surface area contributed by atoms with Crippen molar-refractivity contribution >= 4 is 11.9 Å². The highest BCUT2D eigenvalue weighted by Crippen LogP contribution is 2.19. The molecule has 2 aliphatic rings. The number of carbonyl (C=O) groups excluding carboxylic acids is 2. The van der Waals surface area contributed by atoms with E-state index in [-0.39, 0.29) is 23.5 Å². The second-order valence-corrected chi connectivity index (χ2v) is 7.30. The normalized spacial score (nSPS) is 17.9. The number of methoxy groups -OCH3 is 1. The van der Waals surface area contributed by atoms with E-state index in [1.807, 2.05) is 15.9 Å². The first-order valence-electron chi connectivity index (χ1n) is 9.92. The lowest BCUT2D eigenvalue weighted by Crippen LogP contribution is -2.51. The maximum absolute atomic E-state index is 13.8. The number of likely N-dealkylation sites (tertiary alicyclic amines) is 1. The van der Waals surface area contributed by atoms with Crippen molar-refractivity contribution in [3.05, 3.63) is 29.6 Å². The van der Waals surface area contributed by atoms with Crippen LogP contribution in [-0.4, -0.2) is 79.6 Å². The molecule has 2 saturated heterocycles. The molecular formula is C20H29FN4O3. The predicted octanol–water partition coefficient (Wildman–Crippen LogP) is 1.67. The highest BCUT2D eigenvalue weighted by atomic mass is 19.1. The van der Waals surface area contributed by atoms with Gasteiger partial charge in [0.1, 0.15) is 0 Å². The van der Waals surface area contributed by atoms with Crippen LogP contribution >= 0.6 is 0 Å². The lowest BCUT2D eigenvalue weighted by atomic mass is 10.2. The minimum Gasteiger partial charge on any atom is -0.494 e. The Bertz CT molecular complexity index is 692. The first kappa shape index (κ1) is 20.4. The highest BCUT2D eigenvalue weighted by Gasteiger charge is 2.22. The van der Waals surface area contributed by atoms with Crippen LogP contribution in [0.25, 0.3) is 0 Å². The van der Waals surface area contributed by atoms with Gasteiger partial charge >= 0.3 is 6.03 Å². The van der Waals surface area contributed by atoms with Crippen LogP contribution in [0.5, 0.6) is 5.75 Å². The van der Waals surface area contributed by atoms with Gasteiger partial charge in [0.05, 0.1) is 7.11 Å². The van der Waals surface area contributed by atoms with Crippen molar-refractivity contribution in [3.63, 3.8) is 0 Å². The number of hydrogen-bond acceptors (Lipinski definition) is 4. The van der Waals surface area contributed by atoms with Gasteiger partial charge in [-0.25, -0.2) is 9.18 Å². The van der Waals surface area contributed by atoms with E-state index in [1.165, 1.54) is 13.2 Å². The topological polar surface area (TPSA) is 65.1 Å². The minimum absolute atomic E-state index is 0.0529. The van der Waals surface area contributed by atoms with Gasteiger partial charge in [0, 0.05) is 58.8 Å². The number of urea groups is 1. The Morgan fingerprint density at radius 3 is 2.64 bits per heavy atom. The summed E-state index contributed by atoms with van der Waals surface area (Å²) in [5.41, 5.74) is 0.896. The fourth-order valence-corrected chi connectivity index (χ4v) is 3.69. The molecule has 28 heavy (non-hydrogen) atoms. The molecule has 0 atom stereocenters. The maximum atomic E-state index is 13.8. The number of hydrogen-bond donors (Lipinski definition) is 1. The molecule has 7 nitrogen and oxygen atoms in total. The van der Waals surface area contributed by atoms with Crippen LogP contribution in [0.4, 0.5) is 9.18 Å². The summed E-state index contributed by atoms with van der Waals surface area (Å²) in [6.07, 6.45) is 2.37. The Labute approximate surface area is 165 Å². The van der Waals surface area contributed by atoms with Crippen LogP contribution in [0.3, 0.4) is 0 Å². The lowest BCUT2D eigenvalue weighted by molar-refractivity contribution is -0.127. The van der Waals surface area contributed by atoms with Gasteiger partial charge in [-0.2, -0.15) is 0 Å². The zero-order valence-electron chi connectivity index (χ0n) is 16.5. The van der Waals surface area contributed by atoms with Crippen LogP contribution in [0.2, 0.25) is 0 Å². The number of benzene rings is 1. The zero-order valence-corrected chi connectivity index (χ0v) is 16.5. The smallest absolute Gasteiger partial charge is 0.317 e. The van der Waals surface area contributed by atoms with Gasteiger partial charge < -0.3 is 19.9 Å². The number of nitrogens with zero attached hydrogens (tertiary/aromatic N) is 3. The number of amides is 3. The molecule has 0 aliphatic carbocycles. The second-order valence-electron chi connectivity index (χ2n) is 7.30. The number of halogens is 1. The maximum Gasteiger partial charge on any atom is 0.317 e. The van der Waals surface area contributed by atoms with Gasteiger partial charge in [0.15, 0.2) is 11.6 Å². The Morgan fingerprint density at radius 2 is 2.00 bits per heavy atom. The quantitative estimate of drug-likeness (QED) is 0.717. The van der Waals surface area contributed by atoms with E-state index < -0.39 is 0 Å². The van der Waals surface area contributed by atoms with Crippen LogP contribution < -0.4 is 10.1 Å². The van der Waals surface area contributed by atoms with Gasteiger partial charge in [0.25, 0.3) is 0 Å². The Morgan fingerprint density at radius 1 is 1.21 bits per heavy atom. The SMILES string of the molecule is COc1ccc(CN2CCN(C(=O)NCCCN3CCCC3=O)CC2)cc1F. The van der Waals surface area contributed by atoms with Crippen molar-refractivity contribution in [2.45, 2.75) is 25.8 Å². The molecule has 2 fully saturated rings. The molecule has 0 bridgehead atoms. The summed E-state index contributed by atoms with van der Waals surface area (Å²) in [6, 6.07) is 4.96. The van der Waals surface area contributed by atoms with Crippen molar-refractivity contribution in [2.24, 2.45) is 0 Å². The molecule has 0 radical (unpaired) electrons. The van der Waals surface area contributed by atoms with E-state index in [9.17, 15) is 14.0 Å². The van der Waals surface area contributed by atoms with Gasteiger partial charge in [-0.1, -0.05) is 6.07 Å². The summed E-state index contributed by atoms with van der Waals surface area (Å²) in [5.74, 6) is 0.118. The van der Waals surface area contributed by atoms with Gasteiger partial charge in [-0.3, -0.25) is 9.69 Å². The predicted molar refractivity (Wildman–Crippen MR) is 104 cm³/mol. The van der Waals surface area contributed by atoms with Crippen molar-refractivity contribution in [2.75, 3.05) is 52.9 Å². The molecule has 154 valence electrons. The van der Waals surface area contributed by atoms with E-state index in [0.29, 0.717) is 39.1 Å². The van der Waals surface area contributed by atoms with Crippen molar-refractivity contribution in [3.8, 4) is 5.75 Å². The van der Waals surface area contributed by atoms with E-state index >= 15 is 0 Å². The first-order chi connectivity index (χ1) is 13.6. The third-order valence-electron chi connectivity index (χ3n) is 5.33. The summed E-state index contributed by atoms with van der Waals surface area (Å²) in [6.45, 7) is 5.59. The summed E-state index contributed by atoms with van der Waals surface area (Å²) < 4.78 is 18.8. The van der Waals surface area contributed by atoms with Gasteiger partial charge in [0.2, 0.25) is 5.91 Å². The third-order valence-corrected chi connectivity index (χ3v) is 5.33. The van der Waals surface area contributed by atoms with Crippen LogP contribution in [0.1, 0.15) is 24.8 Å². The van der Waals surface area contributed by atoms with E-state index in [4.69, 9.17) is 4.74 Å². The number of carbonyl (C=O) groups is 2. The first-order valence-corrected chi connectivity index (χ1v) is 9.92. The minimum atomic E-state index is -0.353. The summed E-state index contributed by atoms with van der Waals surface area (Å²) in [5, 5.41) is 2.94. The molecule has 0 unspecified atom stereocenters. The van der Waals surface area contributed by atoms with Gasteiger partial charge in [-0.15, -0.1) is 0 Å². The van der Waals surface area contributed by atoms with E-state index in [1.54, 1.807) is 6.07 Å². The van der Waals surface area contributed by atoms with Crippen molar-refractivity contribution in [1.29, 1.82) is 0 Å². The van der Waals surface area contributed by atoms with E-state index in [0.717, 1.165) is 38.0 Å². The summed E-state index contributed by atoms with van der Waals surface area (Å²) in [4.78, 5) is 29.7. The summed E-state index contributed by atoms with van der Waals surface area (Å²) in [7, 11) is 1.45. The zero-order chi connectivity index (χ0) is 19.9. The summed E-state index contributed by atoms with van der Waals surface area (Å²) >= 11 is 0. The Balaban J connectivity index is 1.34. The number of ether oxygens (including phenoxy) is 1. The molecule has 2 heterocycles. The fraction of sp³-hybridized carbons (Fsp3) is 0.600. The third kappa shape index (κ3) is 5.34. The molecule has 2 aliphatic heterocycles. The number of rotatable bonds is 7. The van der Waals surface area contributed by atoms with Crippen LogP contribution in [-0.2, 0) is 11.3 Å². The molecule has 1 N–H and O–H groups in total. The number of nitrogens with one attached hydrogen (secondary N) is 1. The van der Waals surface area contributed by atoms with Gasteiger partial charge in [-0.05, 0) is 30.5 Å². The fourth-order valence-electron chi connectivity index (χ4n) is 3.69. The van der Waals surface area contributed by atoms with Crippen LogP contribution in [0.15, 0.2) is 18.2 Å². The second kappa shape index (κ2) is 9.73. The average molecular weight is 392 g/mol. The molecule has 8 heteroatoms. The Hall–Kier alpha value is -2.35. The monoisotopic (exact) mass is 392 g/mol. The molecule has 1 aromatic carbocycles. The van der Waals surface area contributed by atoms with Crippen molar-refractivity contribution < 1.29 is 18.7 Å². The molecule has 1 aromatic rings. The largest absolute Gasteiger partial charge is 0.494 e. The molecule has 0 spiro atoms. The molecule has 3 amide bonds. The highest BCUT2D eigenvalue weighted by molar-refractivity contribution is 5.78. The average Bonchev–Trinajstić information content (AvgIpc) is 3.10. The molecule has 0 aromatic heterocycles.